The summed E-state index contributed by atoms with van der Waals surface area (Å²) in [5.41, 5.74) is 2.83. The Kier molecular flexibility index (Phi) is 5.36. The monoisotopic (exact) mass is 249 g/mol. The van der Waals surface area contributed by atoms with E-state index in [0.717, 1.165) is 6.42 Å². The first kappa shape index (κ1) is 15.2. The van der Waals surface area contributed by atoms with Gasteiger partial charge in [0.15, 0.2) is 0 Å². The molecule has 0 saturated heterocycles. The molecule has 1 aromatic carbocycles. The van der Waals surface area contributed by atoms with Crippen LogP contribution in [0, 0.1) is 0 Å². The van der Waals surface area contributed by atoms with E-state index in [4.69, 9.17) is 0 Å². The van der Waals surface area contributed by atoms with Gasteiger partial charge in [-0.25, -0.2) is 0 Å². The second-order valence-corrected chi connectivity index (χ2v) is 6.06. The largest absolute Gasteiger partial charge is 0.392 e. The van der Waals surface area contributed by atoms with Crippen LogP contribution in [0.3, 0.4) is 0 Å². The van der Waals surface area contributed by atoms with Crippen LogP contribution in [0.5, 0.6) is 0 Å². The Morgan fingerprint density at radius 2 is 1.72 bits per heavy atom. The molecule has 0 aromatic heterocycles. The minimum Gasteiger partial charge on any atom is -0.392 e. The number of hydrogen-bond acceptors (Lipinski definition) is 2. The van der Waals surface area contributed by atoms with Crippen LogP contribution in [0.2, 0.25) is 0 Å². The number of nitrogens with one attached hydrogen (secondary N) is 1. The topological polar surface area (TPSA) is 32.3 Å². The Hall–Kier alpha value is -0.860. The zero-order chi connectivity index (χ0) is 13.8. The van der Waals surface area contributed by atoms with Crippen LogP contribution in [0.25, 0.3) is 0 Å². The summed E-state index contributed by atoms with van der Waals surface area (Å²) in [6.07, 6.45) is 0.546. The summed E-state index contributed by atoms with van der Waals surface area (Å²) in [4.78, 5) is 0. The number of aliphatic hydroxyl groups excluding tert-OH is 1. The fourth-order valence-corrected chi connectivity index (χ4v) is 1.85. The van der Waals surface area contributed by atoms with E-state index in [-0.39, 0.29) is 17.6 Å². The van der Waals surface area contributed by atoms with Crippen LogP contribution < -0.4 is 5.32 Å². The fourth-order valence-electron chi connectivity index (χ4n) is 1.85. The van der Waals surface area contributed by atoms with Gasteiger partial charge in [-0.15, -0.1) is 0 Å². The summed E-state index contributed by atoms with van der Waals surface area (Å²) in [5.74, 6) is 0. The highest BCUT2D eigenvalue weighted by Gasteiger charge is 2.14. The molecule has 1 rings (SSSR count). The van der Waals surface area contributed by atoms with Crippen LogP contribution in [0.15, 0.2) is 24.3 Å². The Bertz CT molecular complexity index is 350. The summed E-state index contributed by atoms with van der Waals surface area (Å²) in [6.45, 7) is 11.5. The lowest BCUT2D eigenvalue weighted by Crippen LogP contribution is -2.28. The van der Waals surface area contributed by atoms with Gasteiger partial charge in [0.25, 0.3) is 0 Å². The molecule has 0 heterocycles. The zero-order valence-corrected chi connectivity index (χ0v) is 12.3. The van der Waals surface area contributed by atoms with Gasteiger partial charge in [-0.1, -0.05) is 52.0 Å². The van der Waals surface area contributed by atoms with Crippen molar-refractivity contribution in [3.05, 3.63) is 35.4 Å². The lowest BCUT2D eigenvalue weighted by molar-refractivity contribution is 0.164. The minimum absolute atomic E-state index is 0.202. The van der Waals surface area contributed by atoms with Gasteiger partial charge in [0.05, 0.1) is 6.10 Å². The van der Waals surface area contributed by atoms with E-state index < -0.39 is 0 Å². The Balaban J connectivity index is 2.62. The summed E-state index contributed by atoms with van der Waals surface area (Å²) in [5, 5.41) is 12.9. The van der Waals surface area contributed by atoms with Gasteiger partial charge in [-0.2, -0.15) is 0 Å². The van der Waals surface area contributed by atoms with Gasteiger partial charge < -0.3 is 10.4 Å². The maximum atomic E-state index is 9.54. The highest BCUT2D eigenvalue weighted by molar-refractivity contribution is 5.28. The first-order valence-electron chi connectivity index (χ1n) is 6.86. The quantitative estimate of drug-likeness (QED) is 0.838. The molecule has 2 atom stereocenters. The van der Waals surface area contributed by atoms with Crippen molar-refractivity contribution >= 4 is 0 Å². The molecule has 0 aliphatic heterocycles. The van der Waals surface area contributed by atoms with Crippen molar-refractivity contribution in [2.24, 2.45) is 0 Å². The maximum Gasteiger partial charge on any atom is 0.0662 e. The molecule has 2 nitrogen and oxygen atoms in total. The van der Waals surface area contributed by atoms with Crippen molar-refractivity contribution in [1.29, 1.82) is 0 Å². The third-order valence-electron chi connectivity index (χ3n) is 3.41. The fraction of sp³-hybridized carbons (Fsp3) is 0.625. The standard InChI is InChI=1S/C16H27NO/c1-6-15(18)11-17-12(2)13-7-9-14(10-8-13)16(3,4)5/h7-10,12,15,17-18H,6,11H2,1-5H3. The molecule has 0 aliphatic rings. The van der Waals surface area contributed by atoms with Gasteiger partial charge in [0.1, 0.15) is 0 Å². The van der Waals surface area contributed by atoms with Crippen LogP contribution >= 0.6 is 0 Å². The van der Waals surface area contributed by atoms with Gasteiger partial charge >= 0.3 is 0 Å². The van der Waals surface area contributed by atoms with Crippen LogP contribution in [-0.2, 0) is 5.41 Å². The SMILES string of the molecule is CCC(O)CNC(C)c1ccc(C(C)(C)C)cc1. The summed E-state index contributed by atoms with van der Waals surface area (Å²) < 4.78 is 0. The number of benzene rings is 1. The number of hydrogen-bond donors (Lipinski definition) is 2. The van der Waals surface area contributed by atoms with Crippen molar-refractivity contribution in [1.82, 2.24) is 5.32 Å². The first-order valence-corrected chi connectivity index (χ1v) is 6.86. The third kappa shape index (κ3) is 4.43. The molecule has 0 bridgehead atoms. The number of rotatable bonds is 5. The molecular weight excluding hydrogens is 222 g/mol. The van der Waals surface area contributed by atoms with E-state index in [2.05, 4.69) is 57.3 Å². The van der Waals surface area contributed by atoms with Gasteiger partial charge in [0, 0.05) is 12.6 Å². The van der Waals surface area contributed by atoms with Gasteiger partial charge in [0.2, 0.25) is 0 Å². The molecule has 2 heteroatoms. The molecule has 0 radical (unpaired) electrons. The van der Waals surface area contributed by atoms with Gasteiger partial charge in [-0.05, 0) is 29.9 Å². The normalized spacial score (nSPS) is 15.4. The van der Waals surface area contributed by atoms with Crippen molar-refractivity contribution in [3.63, 3.8) is 0 Å². The highest BCUT2D eigenvalue weighted by Crippen LogP contribution is 2.23. The second kappa shape index (κ2) is 6.35. The molecular formula is C16H27NO. The average molecular weight is 249 g/mol. The molecule has 1 aromatic rings. The van der Waals surface area contributed by atoms with E-state index in [1.54, 1.807) is 0 Å². The third-order valence-corrected chi connectivity index (χ3v) is 3.41. The zero-order valence-electron chi connectivity index (χ0n) is 12.3. The highest BCUT2D eigenvalue weighted by atomic mass is 16.3. The lowest BCUT2D eigenvalue weighted by Gasteiger charge is -2.21. The molecule has 18 heavy (non-hydrogen) atoms. The molecule has 102 valence electrons. The second-order valence-electron chi connectivity index (χ2n) is 6.06. The minimum atomic E-state index is -0.249. The Morgan fingerprint density at radius 1 is 1.17 bits per heavy atom. The molecule has 0 aliphatic carbocycles. The molecule has 0 saturated carbocycles. The predicted octanol–water partition coefficient (Wildman–Crippen LogP) is 3.41. The van der Waals surface area contributed by atoms with Crippen molar-refractivity contribution < 1.29 is 5.11 Å². The number of aliphatic hydroxyl groups is 1. The first-order chi connectivity index (χ1) is 8.34. The van der Waals surface area contributed by atoms with Gasteiger partial charge in [-0.3, -0.25) is 0 Å². The van der Waals surface area contributed by atoms with E-state index in [9.17, 15) is 5.11 Å². The molecule has 0 spiro atoms. The maximum absolute atomic E-state index is 9.54. The Morgan fingerprint density at radius 3 is 2.17 bits per heavy atom. The van der Waals surface area contributed by atoms with Crippen molar-refractivity contribution in [3.8, 4) is 0 Å². The predicted molar refractivity (Wildman–Crippen MR) is 77.9 cm³/mol. The van der Waals surface area contributed by atoms with Crippen molar-refractivity contribution in [2.75, 3.05) is 6.54 Å². The van der Waals surface area contributed by atoms with E-state index in [1.165, 1.54) is 11.1 Å². The van der Waals surface area contributed by atoms with E-state index in [0.29, 0.717) is 6.54 Å². The molecule has 2 N–H and O–H groups in total. The van der Waals surface area contributed by atoms with E-state index in [1.807, 2.05) is 6.92 Å². The van der Waals surface area contributed by atoms with E-state index >= 15 is 0 Å². The molecule has 0 amide bonds. The van der Waals surface area contributed by atoms with Crippen LogP contribution in [0.1, 0.15) is 58.2 Å². The van der Waals surface area contributed by atoms with Crippen LogP contribution in [-0.4, -0.2) is 17.8 Å². The summed E-state index contributed by atoms with van der Waals surface area (Å²) >= 11 is 0. The molecule has 2 unspecified atom stereocenters. The smallest absolute Gasteiger partial charge is 0.0662 e. The summed E-state index contributed by atoms with van der Waals surface area (Å²) in [6, 6.07) is 9.03. The molecule has 0 fully saturated rings. The lowest BCUT2D eigenvalue weighted by atomic mass is 9.86. The average Bonchev–Trinajstić information content (AvgIpc) is 2.34. The Labute approximate surface area is 111 Å². The summed E-state index contributed by atoms with van der Waals surface area (Å²) in [7, 11) is 0. The van der Waals surface area contributed by atoms with Crippen LogP contribution in [0.4, 0.5) is 0 Å². The van der Waals surface area contributed by atoms with Crippen molar-refractivity contribution in [2.45, 2.75) is 58.6 Å².